The van der Waals surface area contributed by atoms with E-state index >= 15 is 0 Å². The number of piperidine rings is 1. The van der Waals surface area contributed by atoms with Gasteiger partial charge in [-0.15, -0.1) is 0 Å². The Bertz CT molecular complexity index is 469. The molecule has 0 aromatic heterocycles. The zero-order valence-corrected chi connectivity index (χ0v) is 11.5. The predicted molar refractivity (Wildman–Crippen MR) is 74.8 cm³/mol. The average molecular weight is 262 g/mol. The normalized spacial score (nSPS) is 20.3. The number of benzene rings is 1. The summed E-state index contributed by atoms with van der Waals surface area (Å²) < 4.78 is 2.44. The number of hydrogen-bond donors (Lipinski definition) is 0. The second kappa shape index (κ2) is 4.94. The smallest absolute Gasteiger partial charge is 0.231 e. The molecular formula is C14H18N2OS. The van der Waals surface area contributed by atoms with Gasteiger partial charge in [-0.1, -0.05) is 6.42 Å². The zero-order chi connectivity index (χ0) is 12.5. The van der Waals surface area contributed by atoms with Gasteiger partial charge in [0, 0.05) is 30.7 Å². The van der Waals surface area contributed by atoms with Crippen molar-refractivity contribution in [2.45, 2.75) is 30.6 Å². The van der Waals surface area contributed by atoms with E-state index in [1.54, 1.807) is 4.90 Å². The molecule has 4 heteroatoms. The Labute approximate surface area is 112 Å². The maximum atomic E-state index is 11.6. The molecule has 0 aliphatic carbocycles. The van der Waals surface area contributed by atoms with E-state index in [4.69, 9.17) is 0 Å². The lowest BCUT2D eigenvalue weighted by molar-refractivity contribution is -0.117. The monoisotopic (exact) mass is 262 g/mol. The molecule has 3 nitrogen and oxygen atoms in total. The Balaban J connectivity index is 1.75. The Hall–Kier alpha value is -1.00. The lowest BCUT2D eigenvalue weighted by Crippen LogP contribution is -2.22. The topological polar surface area (TPSA) is 23.6 Å². The molecular weight excluding hydrogens is 244 g/mol. The van der Waals surface area contributed by atoms with Crippen LogP contribution < -0.4 is 4.90 Å². The summed E-state index contributed by atoms with van der Waals surface area (Å²) in [6, 6.07) is 6.38. The van der Waals surface area contributed by atoms with Crippen molar-refractivity contribution < 1.29 is 4.79 Å². The van der Waals surface area contributed by atoms with Crippen molar-refractivity contribution in [2.75, 3.05) is 25.0 Å². The van der Waals surface area contributed by atoms with Gasteiger partial charge in [0.05, 0.1) is 6.42 Å². The van der Waals surface area contributed by atoms with Gasteiger partial charge >= 0.3 is 0 Å². The number of anilines is 1. The van der Waals surface area contributed by atoms with Gasteiger partial charge in [0.15, 0.2) is 0 Å². The molecule has 18 heavy (non-hydrogen) atoms. The van der Waals surface area contributed by atoms with E-state index in [9.17, 15) is 4.79 Å². The molecule has 0 radical (unpaired) electrons. The first-order valence-corrected chi connectivity index (χ1v) is 7.34. The summed E-state index contributed by atoms with van der Waals surface area (Å²) in [6.45, 7) is 2.36. The molecule has 2 heterocycles. The fourth-order valence-electron chi connectivity index (χ4n) is 2.61. The standard InChI is InChI=1S/C14H18N2OS/c1-15-13-6-5-12(9-11(13)10-14(15)17)18-16-7-3-2-4-8-16/h5-6,9H,2-4,7-8,10H2,1H3. The highest BCUT2D eigenvalue weighted by Crippen LogP contribution is 2.33. The quantitative estimate of drug-likeness (QED) is 0.766. The third kappa shape index (κ3) is 2.27. The fraction of sp³-hybridized carbons (Fsp3) is 0.500. The number of hydrogen-bond acceptors (Lipinski definition) is 3. The van der Waals surface area contributed by atoms with Crippen molar-refractivity contribution >= 4 is 23.5 Å². The van der Waals surface area contributed by atoms with Crippen molar-refractivity contribution in [3.8, 4) is 0 Å². The van der Waals surface area contributed by atoms with Crippen molar-refractivity contribution in [3.63, 3.8) is 0 Å². The van der Waals surface area contributed by atoms with Gasteiger partial charge in [0.2, 0.25) is 5.91 Å². The van der Waals surface area contributed by atoms with E-state index in [0.717, 1.165) is 5.69 Å². The SMILES string of the molecule is CN1C(=O)Cc2cc(SN3CCCCC3)ccc21. The Morgan fingerprint density at radius 3 is 2.72 bits per heavy atom. The molecule has 3 rings (SSSR count). The molecule has 1 amide bonds. The van der Waals surface area contributed by atoms with Crippen LogP contribution in [0.4, 0.5) is 5.69 Å². The fourth-order valence-corrected chi connectivity index (χ4v) is 3.67. The van der Waals surface area contributed by atoms with Gasteiger partial charge < -0.3 is 4.90 Å². The lowest BCUT2D eigenvalue weighted by atomic mass is 10.2. The number of fused-ring (bicyclic) bond motifs is 1. The van der Waals surface area contributed by atoms with E-state index in [1.165, 1.54) is 42.8 Å². The molecule has 1 aromatic rings. The number of nitrogens with zero attached hydrogens (tertiary/aromatic N) is 2. The van der Waals surface area contributed by atoms with E-state index in [-0.39, 0.29) is 5.91 Å². The lowest BCUT2D eigenvalue weighted by Gasteiger charge is -2.25. The Morgan fingerprint density at radius 1 is 1.17 bits per heavy atom. The zero-order valence-electron chi connectivity index (χ0n) is 10.7. The van der Waals surface area contributed by atoms with Crippen LogP contribution in [-0.4, -0.2) is 30.3 Å². The van der Waals surface area contributed by atoms with Crippen LogP contribution in [0.25, 0.3) is 0 Å². The third-order valence-electron chi connectivity index (χ3n) is 3.68. The van der Waals surface area contributed by atoms with Gasteiger partial charge in [0.1, 0.15) is 0 Å². The second-order valence-corrected chi connectivity index (χ2v) is 6.17. The molecule has 1 saturated heterocycles. The molecule has 1 aromatic carbocycles. The minimum atomic E-state index is 0.199. The molecule has 1 fully saturated rings. The number of rotatable bonds is 2. The summed E-state index contributed by atoms with van der Waals surface area (Å²) in [6.07, 6.45) is 4.53. The van der Waals surface area contributed by atoms with Crippen LogP contribution in [0.5, 0.6) is 0 Å². The molecule has 0 saturated carbocycles. The van der Waals surface area contributed by atoms with Gasteiger partial charge in [-0.25, -0.2) is 4.31 Å². The maximum absolute atomic E-state index is 11.6. The molecule has 0 N–H and O–H groups in total. The summed E-state index contributed by atoms with van der Waals surface area (Å²) in [5, 5.41) is 0. The predicted octanol–water partition coefficient (Wildman–Crippen LogP) is 2.70. The van der Waals surface area contributed by atoms with Crippen LogP contribution in [0.2, 0.25) is 0 Å². The summed E-state index contributed by atoms with van der Waals surface area (Å²) in [5.41, 5.74) is 2.24. The number of likely N-dealkylation sites (N-methyl/N-ethyl adjacent to an activating group) is 1. The highest BCUT2D eigenvalue weighted by molar-refractivity contribution is 7.97. The number of carbonyl (C=O) groups is 1. The molecule has 0 unspecified atom stereocenters. The Morgan fingerprint density at radius 2 is 1.94 bits per heavy atom. The van der Waals surface area contributed by atoms with Crippen LogP contribution in [0.1, 0.15) is 24.8 Å². The summed E-state index contributed by atoms with van der Waals surface area (Å²) in [4.78, 5) is 14.7. The average Bonchev–Trinajstić information content (AvgIpc) is 2.66. The first-order valence-electron chi connectivity index (χ1n) is 6.56. The summed E-state index contributed by atoms with van der Waals surface area (Å²) in [5.74, 6) is 0.199. The summed E-state index contributed by atoms with van der Waals surface area (Å²) >= 11 is 1.84. The molecule has 96 valence electrons. The van der Waals surface area contributed by atoms with Crippen LogP contribution >= 0.6 is 11.9 Å². The maximum Gasteiger partial charge on any atom is 0.231 e. The van der Waals surface area contributed by atoms with Crippen LogP contribution in [0, 0.1) is 0 Å². The Kier molecular flexibility index (Phi) is 3.31. The van der Waals surface area contributed by atoms with Crippen molar-refractivity contribution in [2.24, 2.45) is 0 Å². The highest BCUT2D eigenvalue weighted by atomic mass is 32.2. The van der Waals surface area contributed by atoms with Crippen LogP contribution in [0.3, 0.4) is 0 Å². The minimum Gasteiger partial charge on any atom is -0.315 e. The van der Waals surface area contributed by atoms with E-state index in [2.05, 4.69) is 22.5 Å². The van der Waals surface area contributed by atoms with Crippen LogP contribution in [-0.2, 0) is 11.2 Å². The van der Waals surface area contributed by atoms with Crippen molar-refractivity contribution in [1.29, 1.82) is 0 Å². The molecule has 0 spiro atoms. The van der Waals surface area contributed by atoms with E-state index < -0.39 is 0 Å². The minimum absolute atomic E-state index is 0.199. The van der Waals surface area contributed by atoms with Crippen molar-refractivity contribution in [3.05, 3.63) is 23.8 Å². The van der Waals surface area contributed by atoms with Crippen molar-refractivity contribution in [1.82, 2.24) is 4.31 Å². The van der Waals surface area contributed by atoms with E-state index in [0.29, 0.717) is 6.42 Å². The van der Waals surface area contributed by atoms with Gasteiger partial charge in [0.25, 0.3) is 0 Å². The van der Waals surface area contributed by atoms with E-state index in [1.807, 2.05) is 19.0 Å². The first kappa shape index (κ1) is 12.1. The second-order valence-electron chi connectivity index (χ2n) is 5.00. The molecule has 0 bridgehead atoms. The summed E-state index contributed by atoms with van der Waals surface area (Å²) in [7, 11) is 1.85. The molecule has 2 aliphatic rings. The van der Waals surface area contributed by atoms with Gasteiger partial charge in [-0.05, 0) is 48.6 Å². The highest BCUT2D eigenvalue weighted by Gasteiger charge is 2.24. The third-order valence-corrected chi connectivity index (χ3v) is 4.77. The van der Waals surface area contributed by atoms with Gasteiger partial charge in [-0.3, -0.25) is 4.79 Å². The largest absolute Gasteiger partial charge is 0.315 e. The number of carbonyl (C=O) groups excluding carboxylic acids is 1. The number of amides is 1. The van der Waals surface area contributed by atoms with Gasteiger partial charge in [-0.2, -0.15) is 0 Å². The molecule has 2 aliphatic heterocycles. The van der Waals surface area contributed by atoms with Crippen LogP contribution in [0.15, 0.2) is 23.1 Å². The first-order chi connectivity index (χ1) is 8.74. The molecule has 0 atom stereocenters.